The van der Waals surface area contributed by atoms with Crippen molar-refractivity contribution in [1.29, 1.82) is 0 Å². The van der Waals surface area contributed by atoms with Gasteiger partial charge < -0.3 is 10.2 Å². The topological polar surface area (TPSA) is 32.3 Å². The number of benzene rings is 3. The van der Waals surface area contributed by atoms with E-state index in [0.717, 1.165) is 34.5 Å². The van der Waals surface area contributed by atoms with E-state index in [0.29, 0.717) is 19.4 Å². The third kappa shape index (κ3) is 6.15. The fraction of sp³-hybridized carbons (Fsp3) is 0.296. The predicted molar refractivity (Wildman–Crippen MR) is 126 cm³/mol. The number of nitrogens with one attached hydrogen (secondary N) is 1. The first-order valence-corrected chi connectivity index (χ1v) is 11.0. The van der Waals surface area contributed by atoms with Crippen molar-refractivity contribution in [3.63, 3.8) is 0 Å². The molecule has 0 saturated heterocycles. The van der Waals surface area contributed by atoms with Gasteiger partial charge in [-0.25, -0.2) is 0 Å². The van der Waals surface area contributed by atoms with Crippen LogP contribution in [0, 0.1) is 13.8 Å². The van der Waals surface area contributed by atoms with Gasteiger partial charge in [0.2, 0.25) is 5.91 Å². The maximum absolute atomic E-state index is 13.0. The number of carbonyl (C=O) groups excluding carboxylic acids is 1. The highest BCUT2D eigenvalue weighted by molar-refractivity contribution is 5.86. The number of nitrogens with zero attached hydrogens (tertiary/aromatic N) is 1. The molecule has 1 atom stereocenters. The highest BCUT2D eigenvalue weighted by Crippen LogP contribution is 2.31. The van der Waals surface area contributed by atoms with Gasteiger partial charge in [-0.15, -0.1) is 0 Å². The summed E-state index contributed by atoms with van der Waals surface area (Å²) in [5.74, 6) is -0.117. The average molecular weight is 455 g/mol. The minimum Gasteiger partial charge on any atom is -0.357 e. The molecule has 0 radical (unpaired) electrons. The molecule has 3 aromatic carbocycles. The first-order chi connectivity index (χ1) is 15.7. The second kappa shape index (κ2) is 10.6. The number of rotatable bonds is 8. The fourth-order valence-electron chi connectivity index (χ4n) is 3.87. The Balaban J connectivity index is 1.87. The average Bonchev–Trinajstić information content (AvgIpc) is 2.80. The summed E-state index contributed by atoms with van der Waals surface area (Å²) in [6.07, 6.45) is -3.05. The zero-order valence-corrected chi connectivity index (χ0v) is 19.1. The second-order valence-corrected chi connectivity index (χ2v) is 8.19. The standard InChI is InChI=1S/C27H29F3N2O/c1-19-11-16-24(18-20(19)2)32(25(26(33)31-3)22-9-5-4-6-10-22)17-7-8-21-12-14-23(15-13-21)27(28,29)30/h4-6,9-16,18,25H,7-8,17H2,1-3H3,(H,31,33). The van der Waals surface area contributed by atoms with Gasteiger partial charge in [0.25, 0.3) is 0 Å². The molecule has 0 aliphatic heterocycles. The number of carbonyl (C=O) groups is 1. The van der Waals surface area contributed by atoms with Gasteiger partial charge in [0.15, 0.2) is 0 Å². The maximum atomic E-state index is 13.0. The molecule has 0 aliphatic carbocycles. The third-order valence-corrected chi connectivity index (χ3v) is 5.89. The van der Waals surface area contributed by atoms with Gasteiger partial charge in [0, 0.05) is 19.3 Å². The molecule has 0 spiro atoms. The van der Waals surface area contributed by atoms with Crippen molar-refractivity contribution in [3.8, 4) is 0 Å². The largest absolute Gasteiger partial charge is 0.416 e. The van der Waals surface area contributed by atoms with Crippen LogP contribution >= 0.6 is 0 Å². The smallest absolute Gasteiger partial charge is 0.357 e. The van der Waals surface area contributed by atoms with Crippen LogP contribution in [0.5, 0.6) is 0 Å². The summed E-state index contributed by atoms with van der Waals surface area (Å²) in [6, 6.07) is 20.5. The van der Waals surface area contributed by atoms with E-state index in [-0.39, 0.29) is 5.91 Å². The molecule has 0 aliphatic rings. The number of anilines is 1. The number of hydrogen-bond donors (Lipinski definition) is 1. The molecule has 1 N–H and O–H groups in total. The van der Waals surface area contributed by atoms with Crippen LogP contribution in [0.25, 0.3) is 0 Å². The number of hydrogen-bond acceptors (Lipinski definition) is 2. The SMILES string of the molecule is CNC(=O)C(c1ccccc1)N(CCCc1ccc(C(F)(F)F)cc1)c1ccc(C)c(C)c1. The normalized spacial score (nSPS) is 12.3. The Bertz CT molecular complexity index is 1060. The summed E-state index contributed by atoms with van der Waals surface area (Å²) in [4.78, 5) is 15.1. The van der Waals surface area contributed by atoms with Crippen LogP contribution in [0.4, 0.5) is 18.9 Å². The third-order valence-electron chi connectivity index (χ3n) is 5.89. The minimum absolute atomic E-state index is 0.117. The van der Waals surface area contributed by atoms with E-state index in [1.165, 1.54) is 17.7 Å². The number of likely N-dealkylation sites (N-methyl/N-ethyl adjacent to an activating group) is 1. The lowest BCUT2D eigenvalue weighted by Gasteiger charge is -2.33. The van der Waals surface area contributed by atoms with Crippen molar-refractivity contribution in [3.05, 3.63) is 101 Å². The van der Waals surface area contributed by atoms with Crippen LogP contribution in [0.15, 0.2) is 72.8 Å². The Morgan fingerprint density at radius 1 is 0.939 bits per heavy atom. The molecule has 3 nitrogen and oxygen atoms in total. The zero-order valence-electron chi connectivity index (χ0n) is 19.1. The minimum atomic E-state index is -4.34. The summed E-state index contributed by atoms with van der Waals surface area (Å²) >= 11 is 0. The first kappa shape index (κ1) is 24.4. The van der Waals surface area contributed by atoms with Gasteiger partial charge in [-0.3, -0.25) is 4.79 Å². The first-order valence-electron chi connectivity index (χ1n) is 11.0. The van der Waals surface area contributed by atoms with E-state index >= 15 is 0 Å². The van der Waals surface area contributed by atoms with E-state index in [2.05, 4.69) is 16.3 Å². The summed E-state index contributed by atoms with van der Waals surface area (Å²) in [5.41, 5.74) is 4.29. The number of alkyl halides is 3. The maximum Gasteiger partial charge on any atom is 0.416 e. The van der Waals surface area contributed by atoms with E-state index < -0.39 is 17.8 Å². The Morgan fingerprint density at radius 3 is 2.18 bits per heavy atom. The van der Waals surface area contributed by atoms with Gasteiger partial charge in [-0.05, 0) is 73.2 Å². The van der Waals surface area contributed by atoms with Crippen LogP contribution in [0.1, 0.15) is 40.3 Å². The van der Waals surface area contributed by atoms with E-state index in [1.807, 2.05) is 56.3 Å². The van der Waals surface area contributed by atoms with Crippen molar-refractivity contribution < 1.29 is 18.0 Å². The molecule has 6 heteroatoms. The Kier molecular flexibility index (Phi) is 7.79. The lowest BCUT2D eigenvalue weighted by atomic mass is 10.0. The summed E-state index contributed by atoms with van der Waals surface area (Å²) < 4.78 is 38.5. The molecule has 3 rings (SSSR count). The molecule has 1 amide bonds. The molecule has 0 heterocycles. The number of aryl methyl sites for hydroxylation is 3. The van der Waals surface area contributed by atoms with Gasteiger partial charge in [0.1, 0.15) is 6.04 Å². The Morgan fingerprint density at radius 2 is 1.61 bits per heavy atom. The highest BCUT2D eigenvalue weighted by atomic mass is 19.4. The molecule has 3 aromatic rings. The summed E-state index contributed by atoms with van der Waals surface area (Å²) in [7, 11) is 1.62. The Labute approximate surface area is 193 Å². The van der Waals surface area contributed by atoms with Crippen molar-refractivity contribution >= 4 is 11.6 Å². The van der Waals surface area contributed by atoms with E-state index in [9.17, 15) is 18.0 Å². The Hall–Kier alpha value is -3.28. The van der Waals surface area contributed by atoms with E-state index in [1.54, 1.807) is 7.05 Å². The number of amides is 1. The molecular formula is C27H29F3N2O. The van der Waals surface area contributed by atoms with Crippen molar-refractivity contribution in [2.75, 3.05) is 18.5 Å². The van der Waals surface area contributed by atoms with E-state index in [4.69, 9.17) is 0 Å². The lowest BCUT2D eigenvalue weighted by Crippen LogP contribution is -2.40. The molecule has 33 heavy (non-hydrogen) atoms. The summed E-state index contributed by atoms with van der Waals surface area (Å²) in [6.45, 7) is 4.65. The van der Waals surface area contributed by atoms with Gasteiger partial charge in [-0.2, -0.15) is 13.2 Å². The molecule has 1 unspecified atom stereocenters. The van der Waals surface area contributed by atoms with Crippen LogP contribution < -0.4 is 10.2 Å². The fourth-order valence-corrected chi connectivity index (χ4v) is 3.87. The van der Waals surface area contributed by atoms with Gasteiger partial charge >= 0.3 is 6.18 Å². The predicted octanol–water partition coefficient (Wildman–Crippen LogP) is 6.25. The quantitative estimate of drug-likeness (QED) is 0.436. The zero-order chi connectivity index (χ0) is 24.0. The molecule has 0 bridgehead atoms. The molecular weight excluding hydrogens is 425 g/mol. The highest BCUT2D eigenvalue weighted by Gasteiger charge is 2.30. The van der Waals surface area contributed by atoms with Crippen molar-refractivity contribution in [1.82, 2.24) is 5.32 Å². The van der Waals surface area contributed by atoms with Crippen LogP contribution in [-0.4, -0.2) is 19.5 Å². The van der Waals surface area contributed by atoms with Crippen LogP contribution in [0.3, 0.4) is 0 Å². The van der Waals surface area contributed by atoms with Gasteiger partial charge in [0.05, 0.1) is 5.56 Å². The second-order valence-electron chi connectivity index (χ2n) is 8.19. The van der Waals surface area contributed by atoms with Crippen molar-refractivity contribution in [2.45, 2.75) is 38.9 Å². The molecule has 174 valence electrons. The monoisotopic (exact) mass is 454 g/mol. The van der Waals surface area contributed by atoms with Gasteiger partial charge in [-0.1, -0.05) is 48.5 Å². The molecule has 0 aromatic heterocycles. The molecule has 0 fully saturated rings. The van der Waals surface area contributed by atoms with Crippen LogP contribution in [-0.2, 0) is 17.4 Å². The lowest BCUT2D eigenvalue weighted by molar-refractivity contribution is -0.137. The van der Waals surface area contributed by atoms with Crippen molar-refractivity contribution in [2.24, 2.45) is 0 Å². The van der Waals surface area contributed by atoms with Crippen LogP contribution in [0.2, 0.25) is 0 Å². The summed E-state index contributed by atoms with van der Waals surface area (Å²) in [5, 5.41) is 2.78. The number of halogens is 3. The molecule has 0 saturated carbocycles.